The van der Waals surface area contributed by atoms with Gasteiger partial charge < -0.3 is 9.80 Å². The summed E-state index contributed by atoms with van der Waals surface area (Å²) in [6, 6.07) is 3.61. The molecule has 1 saturated carbocycles. The van der Waals surface area contributed by atoms with Crippen molar-refractivity contribution < 1.29 is 4.79 Å². The number of nitrogens with zero attached hydrogens (tertiary/aromatic N) is 5. The molecule has 0 aromatic carbocycles. The first kappa shape index (κ1) is 11.9. The summed E-state index contributed by atoms with van der Waals surface area (Å²) in [5.74, 6) is 1.16. The SMILES string of the molecule is N#Cc1ccnc(N2CCN(C(=O)C3CC3)CC2)n1. The quantitative estimate of drug-likeness (QED) is 0.767. The molecule has 6 heteroatoms. The molecule has 0 unspecified atom stereocenters. The van der Waals surface area contributed by atoms with Gasteiger partial charge in [0, 0.05) is 38.3 Å². The minimum atomic E-state index is 0.282. The second-order valence-electron chi connectivity index (χ2n) is 4.94. The van der Waals surface area contributed by atoms with Crippen LogP contribution in [-0.4, -0.2) is 47.0 Å². The molecular weight excluding hydrogens is 242 g/mol. The maximum Gasteiger partial charge on any atom is 0.226 e. The third-order valence-corrected chi connectivity index (χ3v) is 3.56. The minimum absolute atomic E-state index is 0.282. The third-order valence-electron chi connectivity index (χ3n) is 3.56. The number of piperazine rings is 1. The number of hydrogen-bond donors (Lipinski definition) is 0. The zero-order valence-electron chi connectivity index (χ0n) is 10.6. The molecule has 98 valence electrons. The lowest BCUT2D eigenvalue weighted by Crippen LogP contribution is -2.49. The lowest BCUT2D eigenvalue weighted by Gasteiger charge is -2.34. The minimum Gasteiger partial charge on any atom is -0.339 e. The molecule has 1 aromatic rings. The van der Waals surface area contributed by atoms with Gasteiger partial charge in [-0.3, -0.25) is 4.79 Å². The molecule has 0 atom stereocenters. The van der Waals surface area contributed by atoms with E-state index in [0.29, 0.717) is 17.5 Å². The number of nitriles is 1. The van der Waals surface area contributed by atoms with Crippen LogP contribution >= 0.6 is 0 Å². The van der Waals surface area contributed by atoms with Crippen molar-refractivity contribution in [2.45, 2.75) is 12.8 Å². The second-order valence-corrected chi connectivity index (χ2v) is 4.94. The molecule has 19 heavy (non-hydrogen) atoms. The van der Waals surface area contributed by atoms with Crippen LogP contribution in [0.3, 0.4) is 0 Å². The first-order valence-electron chi connectivity index (χ1n) is 6.55. The van der Waals surface area contributed by atoms with Gasteiger partial charge >= 0.3 is 0 Å². The van der Waals surface area contributed by atoms with E-state index in [2.05, 4.69) is 9.97 Å². The molecule has 0 spiro atoms. The van der Waals surface area contributed by atoms with E-state index in [9.17, 15) is 4.79 Å². The summed E-state index contributed by atoms with van der Waals surface area (Å²) in [5.41, 5.74) is 0.376. The molecule has 1 aromatic heterocycles. The number of anilines is 1. The predicted octanol–water partition coefficient (Wildman–Crippen LogP) is 0.407. The lowest BCUT2D eigenvalue weighted by molar-refractivity contribution is -0.132. The molecule has 0 N–H and O–H groups in total. The van der Waals surface area contributed by atoms with E-state index in [-0.39, 0.29) is 5.92 Å². The largest absolute Gasteiger partial charge is 0.339 e. The summed E-state index contributed by atoms with van der Waals surface area (Å²) in [6.45, 7) is 2.89. The van der Waals surface area contributed by atoms with Crippen LogP contribution in [0.4, 0.5) is 5.95 Å². The van der Waals surface area contributed by atoms with Crippen molar-refractivity contribution in [1.82, 2.24) is 14.9 Å². The van der Waals surface area contributed by atoms with Gasteiger partial charge in [0.15, 0.2) is 0 Å². The predicted molar refractivity (Wildman–Crippen MR) is 68.3 cm³/mol. The van der Waals surface area contributed by atoms with Gasteiger partial charge in [-0.1, -0.05) is 0 Å². The summed E-state index contributed by atoms with van der Waals surface area (Å²) in [6.07, 6.45) is 3.70. The molecule has 2 aliphatic rings. The Hall–Kier alpha value is -2.16. The average Bonchev–Trinajstić information content (AvgIpc) is 3.31. The number of aromatic nitrogens is 2. The van der Waals surface area contributed by atoms with Gasteiger partial charge in [-0.15, -0.1) is 0 Å². The Bertz CT molecular complexity index is 526. The molecule has 2 heterocycles. The highest BCUT2D eigenvalue weighted by Gasteiger charge is 2.34. The Balaban J connectivity index is 1.63. The van der Waals surface area contributed by atoms with Crippen LogP contribution in [0.15, 0.2) is 12.3 Å². The van der Waals surface area contributed by atoms with Gasteiger partial charge in [-0.2, -0.15) is 5.26 Å². The monoisotopic (exact) mass is 257 g/mol. The topological polar surface area (TPSA) is 73.1 Å². The van der Waals surface area contributed by atoms with Gasteiger partial charge in [0.05, 0.1) is 0 Å². The number of carbonyl (C=O) groups is 1. The zero-order chi connectivity index (χ0) is 13.2. The van der Waals surface area contributed by atoms with Crippen molar-refractivity contribution >= 4 is 11.9 Å². The summed E-state index contributed by atoms with van der Waals surface area (Å²) in [4.78, 5) is 24.3. The van der Waals surface area contributed by atoms with Gasteiger partial charge in [0.1, 0.15) is 11.8 Å². The maximum absolute atomic E-state index is 11.9. The average molecular weight is 257 g/mol. The van der Waals surface area contributed by atoms with Crippen LogP contribution in [0.25, 0.3) is 0 Å². The smallest absolute Gasteiger partial charge is 0.226 e. The summed E-state index contributed by atoms with van der Waals surface area (Å²) in [5, 5.41) is 8.83. The Kier molecular flexibility index (Phi) is 3.03. The van der Waals surface area contributed by atoms with Crippen molar-refractivity contribution in [1.29, 1.82) is 5.26 Å². The molecular formula is C13H15N5O. The van der Waals surface area contributed by atoms with Gasteiger partial charge in [0.2, 0.25) is 11.9 Å². The second kappa shape index (κ2) is 4.84. The van der Waals surface area contributed by atoms with Crippen LogP contribution in [0, 0.1) is 17.2 Å². The summed E-state index contributed by atoms with van der Waals surface area (Å²) < 4.78 is 0. The molecule has 0 bridgehead atoms. The first-order chi connectivity index (χ1) is 9.28. The van der Waals surface area contributed by atoms with Crippen molar-refractivity contribution in [3.05, 3.63) is 18.0 Å². The van der Waals surface area contributed by atoms with Crippen LogP contribution < -0.4 is 4.90 Å². The number of rotatable bonds is 2. The van der Waals surface area contributed by atoms with E-state index >= 15 is 0 Å². The highest BCUT2D eigenvalue weighted by Crippen LogP contribution is 2.31. The fourth-order valence-electron chi connectivity index (χ4n) is 2.28. The van der Waals surface area contributed by atoms with Crippen LogP contribution in [0.2, 0.25) is 0 Å². The Morgan fingerprint density at radius 1 is 1.32 bits per heavy atom. The Morgan fingerprint density at radius 2 is 2.05 bits per heavy atom. The van der Waals surface area contributed by atoms with Crippen molar-refractivity contribution in [3.8, 4) is 6.07 Å². The highest BCUT2D eigenvalue weighted by atomic mass is 16.2. The zero-order valence-corrected chi connectivity index (χ0v) is 10.6. The molecule has 2 fully saturated rings. The van der Waals surface area contributed by atoms with Crippen molar-refractivity contribution in [3.63, 3.8) is 0 Å². The van der Waals surface area contributed by atoms with Gasteiger partial charge in [-0.25, -0.2) is 9.97 Å². The highest BCUT2D eigenvalue weighted by molar-refractivity contribution is 5.81. The van der Waals surface area contributed by atoms with E-state index in [0.717, 1.165) is 39.0 Å². The maximum atomic E-state index is 11.9. The molecule has 0 radical (unpaired) electrons. The molecule has 1 aliphatic heterocycles. The van der Waals surface area contributed by atoms with E-state index in [1.165, 1.54) is 0 Å². The summed E-state index contributed by atoms with van der Waals surface area (Å²) in [7, 11) is 0. The first-order valence-corrected chi connectivity index (χ1v) is 6.55. The third kappa shape index (κ3) is 2.50. The van der Waals surface area contributed by atoms with Crippen molar-refractivity contribution in [2.75, 3.05) is 31.1 Å². The Labute approximate surface area is 111 Å². The van der Waals surface area contributed by atoms with E-state index < -0.39 is 0 Å². The van der Waals surface area contributed by atoms with E-state index in [1.807, 2.05) is 15.9 Å². The fraction of sp³-hybridized carbons (Fsp3) is 0.538. The number of amides is 1. The van der Waals surface area contributed by atoms with E-state index in [4.69, 9.17) is 5.26 Å². The molecule has 1 saturated heterocycles. The molecule has 1 aliphatic carbocycles. The molecule has 6 nitrogen and oxygen atoms in total. The van der Waals surface area contributed by atoms with E-state index in [1.54, 1.807) is 12.3 Å². The standard InChI is InChI=1S/C13H15N5O/c14-9-11-3-4-15-13(16-11)18-7-5-17(6-8-18)12(19)10-1-2-10/h3-4,10H,1-2,5-8H2. The van der Waals surface area contributed by atoms with Crippen LogP contribution in [-0.2, 0) is 4.79 Å². The Morgan fingerprint density at radius 3 is 2.68 bits per heavy atom. The van der Waals surface area contributed by atoms with Gasteiger partial charge in [0.25, 0.3) is 0 Å². The normalized spacial score (nSPS) is 19.1. The van der Waals surface area contributed by atoms with Crippen LogP contribution in [0.1, 0.15) is 18.5 Å². The van der Waals surface area contributed by atoms with Crippen molar-refractivity contribution in [2.24, 2.45) is 5.92 Å². The van der Waals surface area contributed by atoms with Gasteiger partial charge in [-0.05, 0) is 18.9 Å². The number of hydrogen-bond acceptors (Lipinski definition) is 5. The lowest BCUT2D eigenvalue weighted by atomic mass is 10.2. The fourth-order valence-corrected chi connectivity index (χ4v) is 2.28. The summed E-state index contributed by atoms with van der Waals surface area (Å²) >= 11 is 0. The molecule has 1 amide bonds. The molecule has 3 rings (SSSR count). The number of carbonyl (C=O) groups excluding carboxylic acids is 1. The van der Waals surface area contributed by atoms with Crippen LogP contribution in [0.5, 0.6) is 0 Å².